The molecule has 0 radical (unpaired) electrons. The fourth-order valence-electron chi connectivity index (χ4n) is 3.68. The highest BCUT2D eigenvalue weighted by molar-refractivity contribution is 7.91. The summed E-state index contributed by atoms with van der Waals surface area (Å²) in [5.74, 6) is 1.69. The number of anilines is 1. The lowest BCUT2D eigenvalue weighted by Crippen LogP contribution is -2.39. The molecule has 0 aromatic carbocycles. The maximum absolute atomic E-state index is 12.0. The molecular weight excluding hydrogens is 366 g/mol. The van der Waals surface area contributed by atoms with Crippen molar-refractivity contribution in [3.05, 3.63) is 24.4 Å². The molecule has 0 aliphatic heterocycles. The van der Waals surface area contributed by atoms with Gasteiger partial charge in [-0.2, -0.15) is 0 Å². The summed E-state index contributed by atoms with van der Waals surface area (Å²) in [6.45, 7) is 3.65. The second-order valence-corrected chi connectivity index (χ2v) is 9.43. The van der Waals surface area contributed by atoms with Crippen LogP contribution < -0.4 is 5.32 Å². The first-order valence-corrected chi connectivity index (χ1v) is 11.0. The molecule has 1 fully saturated rings. The van der Waals surface area contributed by atoms with E-state index in [0.717, 1.165) is 35.1 Å². The molecule has 9 heteroatoms. The van der Waals surface area contributed by atoms with E-state index in [4.69, 9.17) is 4.42 Å². The van der Waals surface area contributed by atoms with Crippen LogP contribution in [0.2, 0.25) is 0 Å². The molecule has 1 aliphatic rings. The number of aromatic nitrogens is 4. The number of pyridine rings is 1. The van der Waals surface area contributed by atoms with Gasteiger partial charge in [-0.05, 0) is 31.2 Å². The van der Waals surface area contributed by atoms with Gasteiger partial charge >= 0.3 is 0 Å². The number of aromatic amines is 1. The van der Waals surface area contributed by atoms with E-state index >= 15 is 0 Å². The van der Waals surface area contributed by atoms with Gasteiger partial charge in [0, 0.05) is 36.5 Å². The molecule has 0 bridgehead atoms. The van der Waals surface area contributed by atoms with Gasteiger partial charge in [0.15, 0.2) is 9.84 Å². The van der Waals surface area contributed by atoms with E-state index in [9.17, 15) is 8.42 Å². The van der Waals surface area contributed by atoms with Gasteiger partial charge in [0.2, 0.25) is 5.89 Å². The van der Waals surface area contributed by atoms with Crippen LogP contribution in [0.4, 0.5) is 5.69 Å². The average molecular weight is 389 g/mol. The van der Waals surface area contributed by atoms with Crippen LogP contribution in [-0.4, -0.2) is 46.1 Å². The molecule has 0 saturated heterocycles. The molecule has 1 saturated carbocycles. The molecule has 0 amide bonds. The number of rotatable bonds is 7. The van der Waals surface area contributed by atoms with Crippen LogP contribution in [0.5, 0.6) is 0 Å². The SMILES string of the molecule is CCCS(=O)(=O)CC1CC(Nc2c(-c3nnc(C)o3)cnc3[nH]ccc23)C1. The highest BCUT2D eigenvalue weighted by Gasteiger charge is 2.33. The third kappa shape index (κ3) is 3.69. The summed E-state index contributed by atoms with van der Waals surface area (Å²) in [6.07, 6.45) is 5.90. The molecule has 2 N–H and O–H groups in total. The largest absolute Gasteiger partial charge is 0.421 e. The first kappa shape index (κ1) is 18.0. The topological polar surface area (TPSA) is 114 Å². The third-order valence-electron chi connectivity index (χ3n) is 4.93. The number of nitrogens with zero attached hydrogens (tertiary/aromatic N) is 3. The molecule has 3 aromatic rings. The van der Waals surface area contributed by atoms with Gasteiger partial charge in [0.25, 0.3) is 5.89 Å². The summed E-state index contributed by atoms with van der Waals surface area (Å²) in [7, 11) is -2.94. The second-order valence-electron chi connectivity index (χ2n) is 7.21. The van der Waals surface area contributed by atoms with Gasteiger partial charge in [-0.1, -0.05) is 6.92 Å². The van der Waals surface area contributed by atoms with Crippen LogP contribution >= 0.6 is 0 Å². The van der Waals surface area contributed by atoms with E-state index in [-0.39, 0.29) is 23.5 Å². The van der Waals surface area contributed by atoms with Crippen molar-refractivity contribution in [1.82, 2.24) is 20.2 Å². The van der Waals surface area contributed by atoms with Crippen LogP contribution in [0.1, 0.15) is 32.1 Å². The number of sulfone groups is 1. The Kier molecular flexibility index (Phi) is 4.63. The second kappa shape index (κ2) is 6.95. The van der Waals surface area contributed by atoms with E-state index in [1.807, 2.05) is 19.2 Å². The average Bonchev–Trinajstić information content (AvgIpc) is 3.21. The molecule has 144 valence electrons. The first-order chi connectivity index (χ1) is 12.9. The quantitative estimate of drug-likeness (QED) is 0.638. The van der Waals surface area contributed by atoms with Gasteiger partial charge in [-0.15, -0.1) is 10.2 Å². The first-order valence-electron chi connectivity index (χ1n) is 9.18. The fourth-order valence-corrected chi connectivity index (χ4v) is 5.46. The molecule has 3 heterocycles. The molecule has 8 nitrogen and oxygen atoms in total. The van der Waals surface area contributed by atoms with E-state index in [0.29, 0.717) is 18.2 Å². The zero-order valence-electron chi connectivity index (χ0n) is 15.4. The molecular formula is C18H23N5O3S. The maximum atomic E-state index is 12.0. The predicted molar refractivity (Wildman–Crippen MR) is 103 cm³/mol. The normalized spacial score (nSPS) is 19.9. The van der Waals surface area contributed by atoms with Gasteiger partial charge in [0.1, 0.15) is 5.65 Å². The summed E-state index contributed by atoms with van der Waals surface area (Å²) in [5.41, 5.74) is 2.42. The Morgan fingerprint density at radius 1 is 1.33 bits per heavy atom. The number of nitrogens with one attached hydrogen (secondary N) is 2. The van der Waals surface area contributed by atoms with E-state index < -0.39 is 9.84 Å². The zero-order chi connectivity index (χ0) is 19.0. The van der Waals surface area contributed by atoms with Gasteiger partial charge < -0.3 is 14.7 Å². The molecule has 1 aliphatic carbocycles. The Bertz CT molecular complexity index is 1050. The van der Waals surface area contributed by atoms with Crippen LogP contribution in [0.25, 0.3) is 22.5 Å². The van der Waals surface area contributed by atoms with Crippen molar-refractivity contribution in [1.29, 1.82) is 0 Å². The fraction of sp³-hybridized carbons (Fsp3) is 0.500. The predicted octanol–water partition coefficient (Wildman–Crippen LogP) is 2.94. The smallest absolute Gasteiger partial charge is 0.251 e. The highest BCUT2D eigenvalue weighted by Crippen LogP contribution is 2.37. The minimum atomic E-state index is -2.94. The summed E-state index contributed by atoms with van der Waals surface area (Å²) >= 11 is 0. The van der Waals surface area contributed by atoms with E-state index in [1.54, 1.807) is 13.1 Å². The van der Waals surface area contributed by atoms with E-state index in [2.05, 4.69) is 25.5 Å². The number of fused-ring (bicyclic) bond motifs is 1. The third-order valence-corrected chi connectivity index (χ3v) is 6.94. The highest BCUT2D eigenvalue weighted by atomic mass is 32.2. The summed E-state index contributed by atoms with van der Waals surface area (Å²) in [6, 6.07) is 2.18. The van der Waals surface area contributed by atoms with Crippen LogP contribution in [0.15, 0.2) is 22.9 Å². The monoisotopic (exact) mass is 389 g/mol. The molecule has 4 rings (SSSR count). The van der Waals surface area contributed by atoms with Crippen molar-refractivity contribution in [2.45, 2.75) is 39.2 Å². The van der Waals surface area contributed by atoms with Gasteiger partial charge in [0.05, 0.1) is 17.0 Å². The maximum Gasteiger partial charge on any atom is 0.251 e. The molecule has 3 aromatic heterocycles. The minimum Gasteiger partial charge on any atom is -0.421 e. The molecule has 0 spiro atoms. The lowest BCUT2D eigenvalue weighted by molar-refractivity contribution is 0.311. The van der Waals surface area contributed by atoms with Crippen LogP contribution in [0.3, 0.4) is 0 Å². The Morgan fingerprint density at radius 2 is 2.15 bits per heavy atom. The lowest BCUT2D eigenvalue weighted by atomic mass is 9.81. The number of aryl methyl sites for hydroxylation is 1. The van der Waals surface area contributed by atoms with Crippen molar-refractivity contribution < 1.29 is 12.8 Å². The van der Waals surface area contributed by atoms with E-state index in [1.165, 1.54) is 0 Å². The lowest BCUT2D eigenvalue weighted by Gasteiger charge is -2.36. The number of hydrogen-bond acceptors (Lipinski definition) is 7. The summed E-state index contributed by atoms with van der Waals surface area (Å²) in [5, 5.41) is 12.5. The minimum absolute atomic E-state index is 0.218. The van der Waals surface area contributed by atoms with Gasteiger partial charge in [-0.3, -0.25) is 0 Å². The van der Waals surface area contributed by atoms with Crippen molar-refractivity contribution >= 4 is 26.6 Å². The van der Waals surface area contributed by atoms with Crippen molar-refractivity contribution in [2.24, 2.45) is 5.92 Å². The van der Waals surface area contributed by atoms with Crippen LogP contribution in [0, 0.1) is 12.8 Å². The summed E-state index contributed by atoms with van der Waals surface area (Å²) < 4.78 is 29.6. The van der Waals surface area contributed by atoms with Crippen molar-refractivity contribution in [3.8, 4) is 11.5 Å². The van der Waals surface area contributed by atoms with Gasteiger partial charge in [-0.25, -0.2) is 13.4 Å². The number of hydrogen-bond donors (Lipinski definition) is 2. The van der Waals surface area contributed by atoms with Crippen molar-refractivity contribution in [2.75, 3.05) is 16.8 Å². The molecule has 0 atom stereocenters. The Labute approximate surface area is 157 Å². The van der Waals surface area contributed by atoms with Crippen LogP contribution in [-0.2, 0) is 9.84 Å². The standard InChI is InChI=1S/C18H23N5O3S/c1-3-6-27(24,25)10-12-7-13(8-12)21-16-14-4-5-19-17(14)20-9-15(16)18-23-22-11(2)26-18/h4-5,9,12-13H,3,6-8,10H2,1-2H3,(H2,19,20,21). The number of H-pyrrole nitrogens is 1. The molecule has 0 unspecified atom stereocenters. The Hall–Kier alpha value is -2.42. The summed E-state index contributed by atoms with van der Waals surface area (Å²) in [4.78, 5) is 7.53. The Balaban J connectivity index is 1.53. The molecule has 27 heavy (non-hydrogen) atoms. The zero-order valence-corrected chi connectivity index (χ0v) is 16.2. The van der Waals surface area contributed by atoms with Crippen molar-refractivity contribution in [3.63, 3.8) is 0 Å². The Morgan fingerprint density at radius 3 is 2.85 bits per heavy atom.